The Kier molecular flexibility index (Phi) is 5.13. The van der Waals surface area contributed by atoms with E-state index in [1.165, 1.54) is 6.33 Å². The second-order valence-electron chi connectivity index (χ2n) is 5.36. The van der Waals surface area contributed by atoms with Crippen molar-refractivity contribution in [2.75, 3.05) is 6.54 Å². The summed E-state index contributed by atoms with van der Waals surface area (Å²) in [5.74, 6) is -0.175. The molecule has 1 saturated carbocycles. The van der Waals surface area contributed by atoms with Crippen molar-refractivity contribution in [1.29, 1.82) is 0 Å². The summed E-state index contributed by atoms with van der Waals surface area (Å²) in [4.78, 5) is 27.3. The maximum atomic E-state index is 11.9. The molecule has 0 radical (unpaired) electrons. The predicted octanol–water partition coefficient (Wildman–Crippen LogP) is 0.824. The Hall–Kier alpha value is -2.12. The summed E-state index contributed by atoms with van der Waals surface area (Å²) in [6.07, 6.45) is 6.51. The molecule has 0 saturated heterocycles. The van der Waals surface area contributed by atoms with Gasteiger partial charge in [-0.2, -0.15) is 5.10 Å². The lowest BCUT2D eigenvalue weighted by Crippen LogP contribution is -2.58. The monoisotopic (exact) mass is 295 g/mol. The van der Waals surface area contributed by atoms with Gasteiger partial charge in [0.2, 0.25) is 0 Å². The van der Waals surface area contributed by atoms with E-state index in [4.69, 9.17) is 0 Å². The van der Waals surface area contributed by atoms with E-state index in [1.807, 2.05) is 0 Å². The largest absolute Gasteiger partial charge is 0.480 e. The zero-order valence-electron chi connectivity index (χ0n) is 11.9. The minimum absolute atomic E-state index is 0.420. The van der Waals surface area contributed by atoms with Gasteiger partial charge in [0.25, 0.3) is 0 Å². The van der Waals surface area contributed by atoms with Crippen LogP contribution in [0.3, 0.4) is 0 Å². The first-order valence-corrected chi connectivity index (χ1v) is 7.26. The van der Waals surface area contributed by atoms with Crippen LogP contribution in [0.25, 0.3) is 0 Å². The summed E-state index contributed by atoms with van der Waals surface area (Å²) in [6, 6.07) is -0.420. The van der Waals surface area contributed by atoms with Gasteiger partial charge in [-0.15, -0.1) is 0 Å². The Bertz CT molecular complexity index is 468. The molecular weight excluding hydrogens is 274 g/mol. The van der Waals surface area contributed by atoms with Crippen LogP contribution in [0, 0.1) is 0 Å². The Morgan fingerprint density at radius 1 is 1.33 bits per heavy atom. The predicted molar refractivity (Wildman–Crippen MR) is 74.7 cm³/mol. The number of carbonyl (C=O) groups excluding carboxylic acids is 1. The zero-order chi connectivity index (χ0) is 15.1. The molecule has 0 aliphatic heterocycles. The van der Waals surface area contributed by atoms with Gasteiger partial charge in [-0.05, 0) is 19.3 Å². The van der Waals surface area contributed by atoms with Crippen LogP contribution in [-0.4, -0.2) is 44.4 Å². The van der Waals surface area contributed by atoms with E-state index in [2.05, 4.69) is 25.8 Å². The highest BCUT2D eigenvalue weighted by Gasteiger charge is 2.40. The van der Waals surface area contributed by atoms with Gasteiger partial charge < -0.3 is 15.7 Å². The number of amides is 2. The third-order valence-electron chi connectivity index (χ3n) is 3.81. The van der Waals surface area contributed by atoms with Crippen molar-refractivity contribution >= 4 is 12.0 Å². The first kappa shape index (κ1) is 15.3. The van der Waals surface area contributed by atoms with Crippen molar-refractivity contribution in [3.63, 3.8) is 0 Å². The van der Waals surface area contributed by atoms with E-state index in [-0.39, 0.29) is 0 Å². The molecule has 4 N–H and O–H groups in total. The van der Waals surface area contributed by atoms with E-state index in [1.54, 1.807) is 0 Å². The molecule has 1 aliphatic carbocycles. The normalized spacial score (nSPS) is 17.1. The summed E-state index contributed by atoms with van der Waals surface area (Å²) in [5, 5.41) is 21.2. The van der Waals surface area contributed by atoms with Crippen LogP contribution in [0.5, 0.6) is 0 Å². The number of nitrogens with one attached hydrogen (secondary N) is 3. The van der Waals surface area contributed by atoms with E-state index in [9.17, 15) is 14.7 Å². The minimum atomic E-state index is -1.10. The summed E-state index contributed by atoms with van der Waals surface area (Å²) in [6.45, 7) is 0.461. The fourth-order valence-corrected chi connectivity index (χ4v) is 2.62. The number of carbonyl (C=O) groups is 2. The van der Waals surface area contributed by atoms with E-state index < -0.39 is 17.5 Å². The quantitative estimate of drug-likeness (QED) is 0.579. The number of hydrogen-bond donors (Lipinski definition) is 4. The molecule has 8 nitrogen and oxygen atoms in total. The molecule has 0 aromatic carbocycles. The number of hydrogen-bond acceptors (Lipinski definition) is 4. The molecule has 8 heteroatoms. The Labute approximate surface area is 122 Å². The molecule has 1 aromatic heterocycles. The van der Waals surface area contributed by atoms with Gasteiger partial charge in [0.05, 0.1) is 0 Å². The van der Waals surface area contributed by atoms with Gasteiger partial charge >= 0.3 is 12.0 Å². The molecule has 1 fully saturated rings. The Morgan fingerprint density at radius 2 is 2.10 bits per heavy atom. The molecule has 2 amide bonds. The van der Waals surface area contributed by atoms with Crippen LogP contribution >= 0.6 is 0 Å². The highest BCUT2D eigenvalue weighted by molar-refractivity contribution is 5.86. The van der Waals surface area contributed by atoms with Crippen LogP contribution in [-0.2, 0) is 11.2 Å². The highest BCUT2D eigenvalue weighted by Crippen LogP contribution is 2.28. The summed E-state index contributed by atoms with van der Waals surface area (Å²) < 4.78 is 0. The maximum absolute atomic E-state index is 11.9. The fraction of sp³-hybridized carbons (Fsp3) is 0.692. The van der Waals surface area contributed by atoms with Crippen molar-refractivity contribution in [3.05, 3.63) is 12.2 Å². The molecule has 0 atom stereocenters. The van der Waals surface area contributed by atoms with Crippen LogP contribution in [0.4, 0.5) is 4.79 Å². The summed E-state index contributed by atoms with van der Waals surface area (Å²) >= 11 is 0. The summed E-state index contributed by atoms with van der Waals surface area (Å²) in [5.41, 5.74) is -1.10. The maximum Gasteiger partial charge on any atom is 0.329 e. The molecule has 116 valence electrons. The van der Waals surface area contributed by atoms with Crippen molar-refractivity contribution < 1.29 is 14.7 Å². The average molecular weight is 295 g/mol. The summed E-state index contributed by atoms with van der Waals surface area (Å²) in [7, 11) is 0. The fourth-order valence-electron chi connectivity index (χ4n) is 2.62. The number of aryl methyl sites for hydroxylation is 1. The van der Waals surface area contributed by atoms with Gasteiger partial charge in [0, 0.05) is 13.0 Å². The zero-order valence-corrected chi connectivity index (χ0v) is 11.9. The van der Waals surface area contributed by atoms with E-state index >= 15 is 0 Å². The second kappa shape index (κ2) is 7.05. The molecule has 0 spiro atoms. The van der Waals surface area contributed by atoms with Crippen molar-refractivity contribution in [1.82, 2.24) is 25.8 Å². The first-order chi connectivity index (χ1) is 10.1. The standard InChI is InChI=1S/C13H21N5O3/c19-11(20)13(6-2-1-3-7-13)17-12(21)14-8-4-5-10-15-9-16-18-10/h9H,1-8H2,(H,19,20)(H2,14,17,21)(H,15,16,18). The number of aromatic amines is 1. The third-order valence-corrected chi connectivity index (χ3v) is 3.81. The van der Waals surface area contributed by atoms with Crippen LogP contribution in [0.2, 0.25) is 0 Å². The van der Waals surface area contributed by atoms with Crippen LogP contribution < -0.4 is 10.6 Å². The molecule has 0 bridgehead atoms. The van der Waals surface area contributed by atoms with Gasteiger partial charge in [0.1, 0.15) is 17.7 Å². The lowest BCUT2D eigenvalue weighted by Gasteiger charge is -2.33. The topological polar surface area (TPSA) is 120 Å². The molecule has 1 aliphatic rings. The first-order valence-electron chi connectivity index (χ1n) is 7.26. The number of aliphatic carboxylic acids is 1. The highest BCUT2D eigenvalue weighted by atomic mass is 16.4. The SMILES string of the molecule is O=C(NCCCc1ncn[nH]1)NC1(C(=O)O)CCCCC1. The number of H-pyrrole nitrogens is 1. The number of nitrogens with zero attached hydrogens (tertiary/aromatic N) is 2. The molecular formula is C13H21N5O3. The average Bonchev–Trinajstić information content (AvgIpc) is 2.98. The number of carboxylic acid groups (broad SMARTS) is 1. The minimum Gasteiger partial charge on any atom is -0.480 e. The lowest BCUT2D eigenvalue weighted by molar-refractivity contribution is -0.145. The van der Waals surface area contributed by atoms with Crippen LogP contribution in [0.1, 0.15) is 44.3 Å². The van der Waals surface area contributed by atoms with Gasteiger partial charge in [-0.1, -0.05) is 19.3 Å². The van der Waals surface area contributed by atoms with Crippen molar-refractivity contribution in [2.45, 2.75) is 50.5 Å². The Morgan fingerprint density at radius 3 is 2.71 bits per heavy atom. The number of rotatable bonds is 6. The smallest absolute Gasteiger partial charge is 0.329 e. The van der Waals surface area contributed by atoms with Gasteiger partial charge in [0.15, 0.2) is 0 Å². The van der Waals surface area contributed by atoms with E-state index in [0.717, 1.165) is 25.1 Å². The molecule has 2 rings (SSSR count). The molecule has 1 aromatic rings. The number of carboxylic acids is 1. The van der Waals surface area contributed by atoms with Crippen molar-refractivity contribution in [2.24, 2.45) is 0 Å². The molecule has 0 unspecified atom stereocenters. The molecule has 1 heterocycles. The van der Waals surface area contributed by atoms with E-state index in [0.29, 0.717) is 32.2 Å². The number of aromatic nitrogens is 3. The molecule has 21 heavy (non-hydrogen) atoms. The second-order valence-corrected chi connectivity index (χ2v) is 5.36. The van der Waals surface area contributed by atoms with Crippen LogP contribution in [0.15, 0.2) is 6.33 Å². The number of urea groups is 1. The van der Waals surface area contributed by atoms with Gasteiger partial charge in [-0.3, -0.25) is 5.10 Å². The lowest BCUT2D eigenvalue weighted by atomic mass is 9.82. The Balaban J connectivity index is 1.73. The van der Waals surface area contributed by atoms with Gasteiger partial charge in [-0.25, -0.2) is 14.6 Å². The third kappa shape index (κ3) is 4.17. The van der Waals surface area contributed by atoms with Crippen molar-refractivity contribution in [3.8, 4) is 0 Å².